The fourth-order valence-electron chi connectivity index (χ4n) is 1.38. The molecule has 0 atom stereocenters. The molecule has 5 nitrogen and oxygen atoms in total. The number of ether oxygens (including phenoxy) is 1. The molecule has 2 heterocycles. The van der Waals surface area contributed by atoms with E-state index in [1.807, 2.05) is 0 Å². The van der Waals surface area contributed by atoms with Crippen molar-refractivity contribution in [2.24, 2.45) is 0 Å². The lowest BCUT2D eigenvalue weighted by molar-refractivity contribution is 0.0563. The summed E-state index contributed by atoms with van der Waals surface area (Å²) in [6.45, 7) is 0.442. The third-order valence-corrected chi connectivity index (χ3v) is 2.45. The lowest BCUT2D eigenvalue weighted by atomic mass is 10.3. The molecular weight excluding hydrogens is 256 g/mol. The Bertz CT molecular complexity index is 554. The summed E-state index contributed by atoms with van der Waals surface area (Å²) in [6.07, 6.45) is 1.60. The van der Waals surface area contributed by atoms with E-state index in [1.54, 1.807) is 30.5 Å². The summed E-state index contributed by atoms with van der Waals surface area (Å²) in [5.74, 6) is 0.318. The molecule has 6 heteroatoms. The zero-order chi connectivity index (χ0) is 13.0. The van der Waals surface area contributed by atoms with Gasteiger partial charge in [-0.3, -0.25) is 0 Å². The number of halogens is 1. The fourth-order valence-corrected chi connectivity index (χ4v) is 1.56. The minimum absolute atomic E-state index is 0.182. The van der Waals surface area contributed by atoms with Gasteiger partial charge in [-0.05, 0) is 24.3 Å². The van der Waals surface area contributed by atoms with Crippen LogP contribution in [0.3, 0.4) is 0 Å². The number of carbonyl (C=O) groups is 1. The van der Waals surface area contributed by atoms with Crippen molar-refractivity contribution in [1.29, 1.82) is 0 Å². The van der Waals surface area contributed by atoms with Crippen LogP contribution in [0.2, 0.25) is 5.15 Å². The number of carbonyl (C=O) groups excluding carboxylic acids is 1. The molecule has 94 valence electrons. The molecular formula is C12H11ClN2O3. The van der Waals surface area contributed by atoms with Crippen LogP contribution in [0.15, 0.2) is 34.9 Å². The molecule has 2 rings (SSSR count). The molecule has 0 saturated heterocycles. The minimum Gasteiger partial charge on any atom is -0.463 e. The molecule has 0 aliphatic heterocycles. The third kappa shape index (κ3) is 3.01. The van der Waals surface area contributed by atoms with Crippen molar-refractivity contribution in [2.75, 3.05) is 12.4 Å². The molecule has 0 radical (unpaired) electrons. The number of pyridine rings is 1. The largest absolute Gasteiger partial charge is 0.463 e. The quantitative estimate of drug-likeness (QED) is 0.681. The van der Waals surface area contributed by atoms with Crippen LogP contribution in [0.4, 0.5) is 5.69 Å². The number of nitrogens with one attached hydrogen (secondary N) is 1. The Morgan fingerprint density at radius 1 is 1.50 bits per heavy atom. The first-order valence-corrected chi connectivity index (χ1v) is 5.59. The van der Waals surface area contributed by atoms with Gasteiger partial charge in [0.1, 0.15) is 10.9 Å². The van der Waals surface area contributed by atoms with E-state index in [4.69, 9.17) is 16.0 Å². The molecule has 0 aliphatic rings. The summed E-state index contributed by atoms with van der Waals surface area (Å²) in [5, 5.41) is 3.51. The van der Waals surface area contributed by atoms with Gasteiger partial charge in [-0.25, -0.2) is 9.78 Å². The molecule has 18 heavy (non-hydrogen) atoms. The average Bonchev–Trinajstić information content (AvgIpc) is 2.84. The minimum atomic E-state index is -0.492. The van der Waals surface area contributed by atoms with E-state index in [0.717, 1.165) is 5.69 Å². The molecule has 0 aliphatic carbocycles. The second-order valence-electron chi connectivity index (χ2n) is 3.48. The maximum absolute atomic E-state index is 11.2. The Morgan fingerprint density at radius 2 is 2.33 bits per heavy atom. The lowest BCUT2D eigenvalue weighted by Crippen LogP contribution is -2.00. The lowest BCUT2D eigenvalue weighted by Gasteiger charge is -2.03. The topological polar surface area (TPSA) is 64.4 Å². The molecule has 0 bridgehead atoms. The van der Waals surface area contributed by atoms with E-state index in [2.05, 4.69) is 15.0 Å². The zero-order valence-electron chi connectivity index (χ0n) is 9.64. The Kier molecular flexibility index (Phi) is 3.84. The molecule has 0 aromatic carbocycles. The highest BCUT2D eigenvalue weighted by molar-refractivity contribution is 6.29. The smallest absolute Gasteiger partial charge is 0.373 e. The number of methoxy groups -OCH3 is 1. The highest BCUT2D eigenvalue weighted by Crippen LogP contribution is 2.14. The van der Waals surface area contributed by atoms with E-state index in [9.17, 15) is 4.79 Å². The van der Waals surface area contributed by atoms with Gasteiger partial charge in [0.15, 0.2) is 0 Å². The van der Waals surface area contributed by atoms with Gasteiger partial charge in [-0.1, -0.05) is 11.6 Å². The van der Waals surface area contributed by atoms with Gasteiger partial charge in [0.05, 0.1) is 13.7 Å². The fraction of sp³-hybridized carbons (Fsp3) is 0.167. The van der Waals surface area contributed by atoms with Crippen molar-refractivity contribution >= 4 is 23.3 Å². The molecule has 0 fully saturated rings. The second kappa shape index (κ2) is 5.55. The normalized spacial score (nSPS) is 10.1. The standard InChI is InChI=1S/C12H11ClN2O3/c1-17-12(16)10-3-2-9(18-10)7-15-8-4-5-14-11(13)6-8/h2-6H,7H2,1H3,(H,14,15). The van der Waals surface area contributed by atoms with Crippen molar-refractivity contribution in [3.63, 3.8) is 0 Å². The van der Waals surface area contributed by atoms with Gasteiger partial charge in [0.2, 0.25) is 5.76 Å². The first-order chi connectivity index (χ1) is 8.69. The molecule has 2 aromatic heterocycles. The number of furan rings is 1. The molecule has 0 saturated carbocycles. The Labute approximate surface area is 109 Å². The Morgan fingerprint density at radius 3 is 3.06 bits per heavy atom. The van der Waals surface area contributed by atoms with Crippen molar-refractivity contribution in [2.45, 2.75) is 6.54 Å². The van der Waals surface area contributed by atoms with E-state index in [1.165, 1.54) is 7.11 Å². The number of esters is 1. The van der Waals surface area contributed by atoms with E-state index >= 15 is 0 Å². The summed E-state index contributed by atoms with van der Waals surface area (Å²) in [5.41, 5.74) is 0.825. The predicted molar refractivity (Wildman–Crippen MR) is 66.6 cm³/mol. The van der Waals surface area contributed by atoms with E-state index < -0.39 is 5.97 Å². The van der Waals surface area contributed by atoms with Crippen LogP contribution in [0, 0.1) is 0 Å². The van der Waals surface area contributed by atoms with E-state index in [0.29, 0.717) is 17.5 Å². The number of hydrogen-bond acceptors (Lipinski definition) is 5. The summed E-state index contributed by atoms with van der Waals surface area (Å²) < 4.78 is 9.85. The van der Waals surface area contributed by atoms with Crippen LogP contribution in [0.5, 0.6) is 0 Å². The highest BCUT2D eigenvalue weighted by Gasteiger charge is 2.10. The maximum atomic E-state index is 11.2. The zero-order valence-corrected chi connectivity index (χ0v) is 10.4. The van der Waals surface area contributed by atoms with Crippen LogP contribution < -0.4 is 5.32 Å². The number of anilines is 1. The second-order valence-corrected chi connectivity index (χ2v) is 3.87. The van der Waals surface area contributed by atoms with Gasteiger partial charge in [-0.2, -0.15) is 0 Å². The number of hydrogen-bond donors (Lipinski definition) is 1. The van der Waals surface area contributed by atoms with Crippen LogP contribution >= 0.6 is 11.6 Å². The molecule has 0 amide bonds. The number of aromatic nitrogens is 1. The van der Waals surface area contributed by atoms with Crippen LogP contribution in [0.1, 0.15) is 16.3 Å². The number of rotatable bonds is 4. The first-order valence-electron chi connectivity index (χ1n) is 5.21. The van der Waals surface area contributed by atoms with Crippen LogP contribution in [-0.2, 0) is 11.3 Å². The first kappa shape index (κ1) is 12.4. The van der Waals surface area contributed by atoms with Crippen LogP contribution in [-0.4, -0.2) is 18.1 Å². The Balaban J connectivity index is 1.98. The van der Waals surface area contributed by atoms with Gasteiger partial charge in [0.25, 0.3) is 0 Å². The molecule has 0 unspecified atom stereocenters. The predicted octanol–water partition coefficient (Wildman–Crippen LogP) is 2.73. The number of nitrogens with zero attached hydrogens (tertiary/aromatic N) is 1. The van der Waals surface area contributed by atoms with E-state index in [-0.39, 0.29) is 5.76 Å². The maximum Gasteiger partial charge on any atom is 0.373 e. The summed E-state index contributed by atoms with van der Waals surface area (Å²) in [7, 11) is 1.31. The van der Waals surface area contributed by atoms with Crippen molar-refractivity contribution in [3.05, 3.63) is 47.1 Å². The van der Waals surface area contributed by atoms with Crippen molar-refractivity contribution in [1.82, 2.24) is 4.98 Å². The SMILES string of the molecule is COC(=O)c1ccc(CNc2ccnc(Cl)c2)o1. The van der Waals surface area contributed by atoms with Gasteiger partial charge < -0.3 is 14.5 Å². The average molecular weight is 267 g/mol. The molecule has 2 aromatic rings. The summed E-state index contributed by atoms with van der Waals surface area (Å²) >= 11 is 5.76. The van der Waals surface area contributed by atoms with Gasteiger partial charge >= 0.3 is 5.97 Å². The third-order valence-electron chi connectivity index (χ3n) is 2.24. The molecule has 0 spiro atoms. The van der Waals surface area contributed by atoms with Crippen molar-refractivity contribution < 1.29 is 13.9 Å². The summed E-state index contributed by atoms with van der Waals surface area (Å²) in [6, 6.07) is 6.77. The van der Waals surface area contributed by atoms with Crippen molar-refractivity contribution in [3.8, 4) is 0 Å². The van der Waals surface area contributed by atoms with Gasteiger partial charge in [-0.15, -0.1) is 0 Å². The summed E-state index contributed by atoms with van der Waals surface area (Å²) in [4.78, 5) is 15.1. The monoisotopic (exact) mass is 266 g/mol. The molecule has 1 N–H and O–H groups in total. The van der Waals surface area contributed by atoms with Gasteiger partial charge in [0, 0.05) is 11.9 Å². The highest BCUT2D eigenvalue weighted by atomic mass is 35.5. The van der Waals surface area contributed by atoms with Crippen LogP contribution in [0.25, 0.3) is 0 Å². The Hall–Kier alpha value is -2.01.